The summed E-state index contributed by atoms with van der Waals surface area (Å²) in [4.78, 5) is 0. The molecule has 0 unspecified atom stereocenters. The third kappa shape index (κ3) is 9.73. The maximum absolute atomic E-state index is 3.16. The molecule has 0 N–H and O–H groups in total. The first-order valence-electron chi connectivity index (χ1n) is 5.47. The van der Waals surface area contributed by atoms with E-state index in [9.17, 15) is 0 Å². The third-order valence-electron chi connectivity index (χ3n) is 1.86. The normalized spacial score (nSPS) is 20.0. The highest BCUT2D eigenvalue weighted by Crippen LogP contribution is 2.11. The van der Waals surface area contributed by atoms with Crippen LogP contribution in [0, 0.1) is 21.0 Å². The lowest BCUT2D eigenvalue weighted by Gasteiger charge is -1.96. The second-order valence-electron chi connectivity index (χ2n) is 3.22. The van der Waals surface area contributed by atoms with Crippen molar-refractivity contribution in [2.75, 3.05) is 23.0 Å². The molecular weight excluding hydrogens is 272 g/mol. The standard InChI is InChI=1S/C12H16S4/c1-2-5-13-9-11-15-7-4-8-16-12-10-14-6-3-1/h1-8H2. The monoisotopic (exact) mass is 288 g/mol. The van der Waals surface area contributed by atoms with E-state index in [4.69, 9.17) is 0 Å². The van der Waals surface area contributed by atoms with Crippen LogP contribution in [0.1, 0.15) is 25.7 Å². The fourth-order valence-corrected chi connectivity index (χ4v) is 3.86. The second-order valence-corrected chi connectivity index (χ2v) is 6.82. The van der Waals surface area contributed by atoms with Crippen molar-refractivity contribution in [3.05, 3.63) is 0 Å². The molecule has 0 radical (unpaired) electrons. The van der Waals surface area contributed by atoms with Crippen LogP contribution in [0.25, 0.3) is 0 Å². The van der Waals surface area contributed by atoms with Gasteiger partial charge < -0.3 is 0 Å². The van der Waals surface area contributed by atoms with Crippen molar-refractivity contribution in [1.82, 2.24) is 0 Å². The van der Waals surface area contributed by atoms with Gasteiger partial charge in [0.1, 0.15) is 0 Å². The Kier molecular flexibility index (Phi) is 10.9. The molecule has 0 spiro atoms. The van der Waals surface area contributed by atoms with Crippen molar-refractivity contribution >= 4 is 47.0 Å². The van der Waals surface area contributed by atoms with Crippen LogP contribution < -0.4 is 0 Å². The first-order valence-corrected chi connectivity index (χ1v) is 9.41. The second kappa shape index (κ2) is 12.0. The molecule has 0 aromatic carbocycles. The van der Waals surface area contributed by atoms with Crippen LogP contribution in [0.5, 0.6) is 0 Å². The first kappa shape index (κ1) is 14.6. The molecule has 0 fully saturated rings. The topological polar surface area (TPSA) is 0 Å². The van der Waals surface area contributed by atoms with Gasteiger partial charge in [0.15, 0.2) is 0 Å². The summed E-state index contributed by atoms with van der Waals surface area (Å²) >= 11 is 7.02. The quantitative estimate of drug-likeness (QED) is 0.608. The van der Waals surface area contributed by atoms with Gasteiger partial charge >= 0.3 is 0 Å². The average molecular weight is 289 g/mol. The minimum atomic E-state index is 1.13. The molecule has 1 aliphatic heterocycles. The molecular formula is C12H16S4. The fraction of sp³-hybridized carbons (Fsp3) is 0.667. The summed E-state index contributed by atoms with van der Waals surface area (Å²) in [5, 5.41) is 12.6. The Balaban J connectivity index is 2.19. The van der Waals surface area contributed by atoms with Gasteiger partial charge in [-0.15, -0.1) is 0 Å². The Morgan fingerprint density at radius 2 is 0.812 bits per heavy atom. The summed E-state index contributed by atoms with van der Waals surface area (Å²) in [6.07, 6.45) is 5.08. The van der Waals surface area contributed by atoms with Crippen molar-refractivity contribution < 1.29 is 0 Å². The molecule has 16 heavy (non-hydrogen) atoms. The van der Waals surface area contributed by atoms with Gasteiger partial charge in [-0.1, -0.05) is 53.5 Å². The van der Waals surface area contributed by atoms with Crippen molar-refractivity contribution in [2.24, 2.45) is 0 Å². The predicted molar refractivity (Wildman–Crippen MR) is 83.9 cm³/mol. The molecule has 0 nitrogen and oxygen atoms in total. The molecule has 0 saturated carbocycles. The van der Waals surface area contributed by atoms with E-state index in [1.54, 1.807) is 47.0 Å². The average Bonchev–Trinajstić information content (AvgIpc) is 2.29. The highest BCUT2D eigenvalue weighted by molar-refractivity contribution is 8.07. The molecule has 1 rings (SSSR count). The Hall–Kier alpha value is 0.520. The summed E-state index contributed by atoms with van der Waals surface area (Å²) in [6, 6.07) is 0. The number of thioether (sulfide) groups is 4. The maximum atomic E-state index is 3.16. The molecule has 0 amide bonds. The Morgan fingerprint density at radius 3 is 1.25 bits per heavy atom. The number of hydrogen-bond acceptors (Lipinski definition) is 4. The summed E-state index contributed by atoms with van der Waals surface area (Å²) in [5.74, 6) is 4.63. The van der Waals surface area contributed by atoms with Crippen LogP contribution in [-0.2, 0) is 0 Å². The Morgan fingerprint density at radius 1 is 0.438 bits per heavy atom. The van der Waals surface area contributed by atoms with Gasteiger partial charge in [-0.05, 0) is 40.3 Å². The summed E-state index contributed by atoms with van der Waals surface area (Å²) in [6.45, 7) is 0. The first-order chi connectivity index (χ1) is 8.00. The lowest BCUT2D eigenvalue weighted by molar-refractivity contribution is 0.787. The van der Waals surface area contributed by atoms with Crippen molar-refractivity contribution in [1.29, 1.82) is 0 Å². The molecule has 1 heterocycles. The van der Waals surface area contributed by atoms with Gasteiger partial charge in [-0.2, -0.15) is 0 Å². The minimum Gasteiger partial charge on any atom is -0.0742 e. The molecule has 0 aliphatic carbocycles. The van der Waals surface area contributed by atoms with Gasteiger partial charge in [-0.3, -0.25) is 0 Å². The summed E-state index contributed by atoms with van der Waals surface area (Å²) < 4.78 is 0. The van der Waals surface area contributed by atoms with Gasteiger partial charge in [0.2, 0.25) is 0 Å². The minimum absolute atomic E-state index is 1.13. The van der Waals surface area contributed by atoms with E-state index >= 15 is 0 Å². The van der Waals surface area contributed by atoms with Crippen LogP contribution in [-0.4, -0.2) is 23.0 Å². The smallest absolute Gasteiger partial charge is 0.00651 e. The largest absolute Gasteiger partial charge is 0.0742 e. The molecule has 0 aromatic heterocycles. The van der Waals surface area contributed by atoms with Crippen molar-refractivity contribution in [3.8, 4) is 21.0 Å². The third-order valence-corrected chi connectivity index (χ3v) is 5.07. The number of rotatable bonds is 0. The summed E-state index contributed by atoms with van der Waals surface area (Å²) in [5.41, 5.74) is 0. The van der Waals surface area contributed by atoms with E-state index in [1.807, 2.05) is 0 Å². The zero-order valence-corrected chi connectivity index (χ0v) is 12.6. The Labute approximate surface area is 116 Å². The molecule has 4 heteroatoms. The van der Waals surface area contributed by atoms with E-state index in [2.05, 4.69) is 21.0 Å². The van der Waals surface area contributed by atoms with Crippen LogP contribution in [0.4, 0.5) is 0 Å². The highest BCUT2D eigenvalue weighted by Gasteiger charge is 1.91. The van der Waals surface area contributed by atoms with E-state index in [0.717, 1.165) is 11.5 Å². The van der Waals surface area contributed by atoms with Crippen LogP contribution in [0.15, 0.2) is 0 Å². The maximum Gasteiger partial charge on any atom is 0.00651 e. The zero-order chi connectivity index (χ0) is 11.3. The Bertz CT molecular complexity index is 251. The van der Waals surface area contributed by atoms with E-state index in [0.29, 0.717) is 0 Å². The van der Waals surface area contributed by atoms with Crippen LogP contribution in [0.2, 0.25) is 0 Å². The molecule has 88 valence electrons. The SMILES string of the molecule is C1#CSCCCSC#CSCCCCCS1. The van der Waals surface area contributed by atoms with Crippen LogP contribution >= 0.6 is 47.0 Å². The van der Waals surface area contributed by atoms with Gasteiger partial charge in [0.25, 0.3) is 0 Å². The fourth-order valence-electron chi connectivity index (χ4n) is 1.05. The van der Waals surface area contributed by atoms with E-state index in [-0.39, 0.29) is 0 Å². The summed E-state index contributed by atoms with van der Waals surface area (Å²) in [7, 11) is 0. The lowest BCUT2D eigenvalue weighted by atomic mass is 10.3. The van der Waals surface area contributed by atoms with Crippen molar-refractivity contribution in [2.45, 2.75) is 25.7 Å². The van der Waals surface area contributed by atoms with Crippen molar-refractivity contribution in [3.63, 3.8) is 0 Å². The zero-order valence-electron chi connectivity index (χ0n) is 9.29. The van der Waals surface area contributed by atoms with Crippen LogP contribution in [0.3, 0.4) is 0 Å². The predicted octanol–water partition coefficient (Wildman–Crippen LogP) is 4.33. The molecule has 0 aromatic rings. The lowest BCUT2D eigenvalue weighted by Crippen LogP contribution is -1.83. The molecule has 0 saturated heterocycles. The number of hydrogen-bond donors (Lipinski definition) is 0. The molecule has 0 atom stereocenters. The van der Waals surface area contributed by atoms with E-state index < -0.39 is 0 Å². The molecule has 1 aliphatic rings. The van der Waals surface area contributed by atoms with Gasteiger partial charge in [0.05, 0.1) is 0 Å². The van der Waals surface area contributed by atoms with Gasteiger partial charge in [-0.25, -0.2) is 0 Å². The highest BCUT2D eigenvalue weighted by atomic mass is 32.2. The van der Waals surface area contributed by atoms with Gasteiger partial charge in [0, 0.05) is 23.0 Å². The van der Waals surface area contributed by atoms with E-state index in [1.165, 1.54) is 37.2 Å². The molecule has 0 bridgehead atoms.